The van der Waals surface area contributed by atoms with Gasteiger partial charge in [0.1, 0.15) is 24.6 Å². The summed E-state index contributed by atoms with van der Waals surface area (Å²) >= 11 is 0. The normalized spacial score (nSPS) is 13.2. The Morgan fingerprint density at radius 1 is 1.21 bits per heavy atom. The van der Waals surface area contributed by atoms with Crippen LogP contribution in [0.15, 0.2) is 48.5 Å². The van der Waals surface area contributed by atoms with Crippen LogP contribution >= 0.6 is 0 Å². The number of aliphatic hydroxyl groups is 2. The fraction of sp³-hybridized carbons (Fsp3) is 0.278. The molecule has 128 valence electrons. The molecule has 2 unspecified atom stereocenters. The van der Waals surface area contributed by atoms with E-state index >= 15 is 0 Å². The van der Waals surface area contributed by atoms with Crippen LogP contribution in [0.3, 0.4) is 0 Å². The van der Waals surface area contributed by atoms with Gasteiger partial charge in [-0.05, 0) is 35.7 Å². The van der Waals surface area contributed by atoms with Gasteiger partial charge in [-0.15, -0.1) is 0 Å². The van der Waals surface area contributed by atoms with Gasteiger partial charge in [0.15, 0.2) is 0 Å². The summed E-state index contributed by atoms with van der Waals surface area (Å²) in [5.41, 5.74) is 1.76. The molecule has 0 heterocycles. The number of ether oxygens (including phenoxy) is 1. The van der Waals surface area contributed by atoms with E-state index in [9.17, 15) is 19.4 Å². The SMILES string of the molecule is Cc1ccc(F)cc1C(O)C(O)CNC(=O)OCc1ccccc1. The molecule has 5 nitrogen and oxygen atoms in total. The van der Waals surface area contributed by atoms with Gasteiger partial charge in [-0.2, -0.15) is 0 Å². The number of hydrogen-bond donors (Lipinski definition) is 3. The number of nitrogens with one attached hydrogen (secondary N) is 1. The molecule has 0 aromatic heterocycles. The third-order valence-electron chi connectivity index (χ3n) is 3.59. The molecular formula is C18H20FNO4. The number of rotatable bonds is 6. The van der Waals surface area contributed by atoms with Crippen molar-refractivity contribution in [3.05, 3.63) is 71.0 Å². The van der Waals surface area contributed by atoms with Crippen molar-refractivity contribution in [2.75, 3.05) is 6.54 Å². The van der Waals surface area contributed by atoms with Crippen molar-refractivity contribution in [1.82, 2.24) is 5.32 Å². The zero-order chi connectivity index (χ0) is 17.5. The molecule has 0 radical (unpaired) electrons. The van der Waals surface area contributed by atoms with Gasteiger partial charge in [0.25, 0.3) is 0 Å². The fourth-order valence-corrected chi connectivity index (χ4v) is 2.21. The second-order valence-corrected chi connectivity index (χ2v) is 5.46. The van der Waals surface area contributed by atoms with Crippen LogP contribution in [0.4, 0.5) is 9.18 Å². The Morgan fingerprint density at radius 3 is 2.62 bits per heavy atom. The highest BCUT2D eigenvalue weighted by Gasteiger charge is 2.21. The van der Waals surface area contributed by atoms with E-state index in [1.807, 2.05) is 30.3 Å². The number of alkyl carbamates (subject to hydrolysis) is 1. The molecule has 2 aromatic rings. The van der Waals surface area contributed by atoms with Crippen molar-refractivity contribution in [3.8, 4) is 0 Å². The number of halogens is 1. The molecule has 2 aromatic carbocycles. The highest BCUT2D eigenvalue weighted by molar-refractivity contribution is 5.67. The van der Waals surface area contributed by atoms with Crippen LogP contribution in [-0.2, 0) is 11.3 Å². The van der Waals surface area contributed by atoms with Gasteiger partial charge in [-0.3, -0.25) is 0 Å². The molecule has 0 fully saturated rings. The van der Waals surface area contributed by atoms with E-state index in [4.69, 9.17) is 4.74 Å². The maximum absolute atomic E-state index is 13.3. The van der Waals surface area contributed by atoms with Crippen molar-refractivity contribution in [2.24, 2.45) is 0 Å². The van der Waals surface area contributed by atoms with Crippen LogP contribution < -0.4 is 5.32 Å². The lowest BCUT2D eigenvalue weighted by Crippen LogP contribution is -2.36. The third-order valence-corrected chi connectivity index (χ3v) is 3.59. The number of hydrogen-bond acceptors (Lipinski definition) is 4. The van der Waals surface area contributed by atoms with Crippen LogP contribution in [0.25, 0.3) is 0 Å². The van der Waals surface area contributed by atoms with Crippen molar-refractivity contribution >= 4 is 6.09 Å². The first kappa shape index (κ1) is 17.9. The number of benzene rings is 2. The molecule has 3 N–H and O–H groups in total. The van der Waals surface area contributed by atoms with Crippen LogP contribution in [0.5, 0.6) is 0 Å². The lowest BCUT2D eigenvalue weighted by atomic mass is 9.99. The van der Waals surface area contributed by atoms with Crippen LogP contribution in [0, 0.1) is 12.7 Å². The summed E-state index contributed by atoms with van der Waals surface area (Å²) in [6.07, 6.45) is -3.30. The maximum Gasteiger partial charge on any atom is 0.407 e. The Balaban J connectivity index is 1.82. The second-order valence-electron chi connectivity index (χ2n) is 5.46. The lowest BCUT2D eigenvalue weighted by Gasteiger charge is -2.20. The molecule has 2 rings (SSSR count). The van der Waals surface area contributed by atoms with Crippen LogP contribution in [-0.4, -0.2) is 29.0 Å². The molecule has 24 heavy (non-hydrogen) atoms. The largest absolute Gasteiger partial charge is 0.445 e. The highest BCUT2D eigenvalue weighted by atomic mass is 19.1. The monoisotopic (exact) mass is 333 g/mol. The maximum atomic E-state index is 13.3. The summed E-state index contributed by atoms with van der Waals surface area (Å²) < 4.78 is 18.3. The molecule has 2 atom stereocenters. The topological polar surface area (TPSA) is 78.8 Å². The molecular weight excluding hydrogens is 313 g/mol. The summed E-state index contributed by atoms with van der Waals surface area (Å²) in [5.74, 6) is -0.503. The van der Waals surface area contributed by atoms with E-state index in [1.54, 1.807) is 6.92 Å². The van der Waals surface area contributed by atoms with E-state index < -0.39 is 24.1 Å². The molecule has 0 aliphatic carbocycles. The molecule has 6 heteroatoms. The quantitative estimate of drug-likeness (QED) is 0.759. The Morgan fingerprint density at radius 2 is 1.92 bits per heavy atom. The summed E-state index contributed by atoms with van der Waals surface area (Å²) in [6.45, 7) is 1.59. The first-order chi connectivity index (χ1) is 11.5. The van der Waals surface area contributed by atoms with E-state index in [1.165, 1.54) is 12.1 Å². The predicted molar refractivity (Wildman–Crippen MR) is 86.7 cm³/mol. The molecule has 0 aliphatic heterocycles. The summed E-state index contributed by atoms with van der Waals surface area (Å²) in [5, 5.41) is 22.5. The standard InChI is InChI=1S/C18H20FNO4/c1-12-7-8-14(19)9-15(12)17(22)16(21)10-20-18(23)24-11-13-5-3-2-4-6-13/h2-9,16-17,21-22H,10-11H2,1H3,(H,20,23). The smallest absolute Gasteiger partial charge is 0.407 e. The molecule has 0 bridgehead atoms. The van der Waals surface area contributed by atoms with Gasteiger partial charge < -0.3 is 20.3 Å². The fourth-order valence-electron chi connectivity index (χ4n) is 2.21. The Bertz CT molecular complexity index is 678. The predicted octanol–water partition coefficient (Wildman–Crippen LogP) is 2.45. The van der Waals surface area contributed by atoms with Crippen molar-refractivity contribution in [1.29, 1.82) is 0 Å². The molecule has 0 spiro atoms. The average Bonchev–Trinajstić information content (AvgIpc) is 2.60. The number of aryl methyl sites for hydroxylation is 1. The zero-order valence-electron chi connectivity index (χ0n) is 13.3. The van der Waals surface area contributed by atoms with Gasteiger partial charge >= 0.3 is 6.09 Å². The minimum Gasteiger partial charge on any atom is -0.445 e. The highest BCUT2D eigenvalue weighted by Crippen LogP contribution is 2.21. The minimum absolute atomic E-state index is 0.105. The first-order valence-corrected chi connectivity index (χ1v) is 7.54. The summed E-state index contributed by atoms with van der Waals surface area (Å²) in [7, 11) is 0. The average molecular weight is 333 g/mol. The van der Waals surface area contributed by atoms with Crippen molar-refractivity contribution in [3.63, 3.8) is 0 Å². The number of aliphatic hydroxyl groups excluding tert-OH is 2. The molecule has 0 saturated heterocycles. The number of amides is 1. The minimum atomic E-state index is -1.31. The van der Waals surface area contributed by atoms with E-state index in [-0.39, 0.29) is 18.7 Å². The van der Waals surface area contributed by atoms with Gasteiger partial charge in [-0.25, -0.2) is 9.18 Å². The molecule has 1 amide bonds. The Labute approximate surface area is 139 Å². The van der Waals surface area contributed by atoms with E-state index in [2.05, 4.69) is 5.32 Å². The third kappa shape index (κ3) is 5.04. The molecule has 0 saturated carbocycles. The van der Waals surface area contributed by atoms with Crippen molar-refractivity contribution < 1.29 is 24.1 Å². The van der Waals surface area contributed by atoms with E-state index in [0.717, 1.165) is 11.6 Å². The van der Waals surface area contributed by atoms with E-state index in [0.29, 0.717) is 5.56 Å². The Hall–Kier alpha value is -2.44. The zero-order valence-corrected chi connectivity index (χ0v) is 13.3. The van der Waals surface area contributed by atoms with Crippen LogP contribution in [0.1, 0.15) is 22.8 Å². The van der Waals surface area contributed by atoms with Gasteiger partial charge in [0.05, 0.1) is 0 Å². The summed E-state index contributed by atoms with van der Waals surface area (Å²) in [6, 6.07) is 13.1. The van der Waals surface area contributed by atoms with Gasteiger partial charge in [0.2, 0.25) is 0 Å². The molecule has 0 aliphatic rings. The second kappa shape index (κ2) is 8.42. The number of carbonyl (C=O) groups excluding carboxylic acids is 1. The first-order valence-electron chi connectivity index (χ1n) is 7.54. The van der Waals surface area contributed by atoms with Crippen LogP contribution in [0.2, 0.25) is 0 Å². The Kier molecular flexibility index (Phi) is 6.28. The van der Waals surface area contributed by atoms with Gasteiger partial charge in [-0.1, -0.05) is 36.4 Å². The number of carbonyl (C=O) groups is 1. The van der Waals surface area contributed by atoms with Gasteiger partial charge in [0, 0.05) is 6.54 Å². The lowest BCUT2D eigenvalue weighted by molar-refractivity contribution is 0.0179. The summed E-state index contributed by atoms with van der Waals surface area (Å²) in [4.78, 5) is 11.6. The van der Waals surface area contributed by atoms with Crippen molar-refractivity contribution in [2.45, 2.75) is 25.7 Å².